The van der Waals surface area contributed by atoms with Gasteiger partial charge in [-0.2, -0.15) is 0 Å². The number of nitrogens with zero attached hydrogens (tertiary/aromatic N) is 2. The van der Waals surface area contributed by atoms with E-state index >= 15 is 0 Å². The molecule has 0 saturated carbocycles. The van der Waals surface area contributed by atoms with Crippen LogP contribution in [0, 0.1) is 0 Å². The van der Waals surface area contributed by atoms with Crippen LogP contribution in [0.5, 0.6) is 5.75 Å². The Bertz CT molecular complexity index is 619. The molecular weight excluding hydrogens is 306 g/mol. The molecule has 1 N–H and O–H groups in total. The highest BCUT2D eigenvalue weighted by Gasteiger charge is 2.32. The molecule has 0 aliphatic carbocycles. The average molecular weight is 331 g/mol. The number of likely N-dealkylation sites (tertiary alicyclic amines) is 1. The van der Waals surface area contributed by atoms with E-state index < -0.39 is 6.10 Å². The second-order valence-corrected chi connectivity index (χ2v) is 6.44. The van der Waals surface area contributed by atoms with Crippen molar-refractivity contribution < 1.29 is 14.3 Å². The van der Waals surface area contributed by atoms with Gasteiger partial charge in [0.2, 0.25) is 5.91 Å². The molecule has 2 atom stereocenters. The van der Waals surface area contributed by atoms with Gasteiger partial charge in [0.15, 0.2) is 6.10 Å². The maximum absolute atomic E-state index is 12.5. The van der Waals surface area contributed by atoms with Gasteiger partial charge < -0.3 is 19.9 Å². The quantitative estimate of drug-likeness (QED) is 0.906. The molecule has 0 spiro atoms. The van der Waals surface area contributed by atoms with Crippen LogP contribution in [-0.4, -0.2) is 55.5 Å². The Morgan fingerprint density at radius 1 is 1.38 bits per heavy atom. The van der Waals surface area contributed by atoms with Crippen molar-refractivity contribution >= 4 is 17.5 Å². The molecule has 130 valence electrons. The largest absolute Gasteiger partial charge is 0.479 e. The van der Waals surface area contributed by atoms with Gasteiger partial charge >= 0.3 is 0 Å². The zero-order valence-corrected chi connectivity index (χ0v) is 14.3. The van der Waals surface area contributed by atoms with Crippen LogP contribution < -0.4 is 15.0 Å². The molecule has 2 aliphatic heterocycles. The lowest BCUT2D eigenvalue weighted by atomic mass is 10.1. The topological polar surface area (TPSA) is 61.9 Å². The molecule has 0 radical (unpaired) electrons. The fourth-order valence-corrected chi connectivity index (χ4v) is 3.39. The van der Waals surface area contributed by atoms with Gasteiger partial charge in [-0.25, -0.2) is 0 Å². The molecule has 2 aliphatic rings. The number of piperidine rings is 1. The zero-order chi connectivity index (χ0) is 17.1. The number of para-hydroxylation sites is 2. The van der Waals surface area contributed by atoms with Crippen LogP contribution in [0.15, 0.2) is 24.3 Å². The highest BCUT2D eigenvalue weighted by molar-refractivity contribution is 6.00. The van der Waals surface area contributed by atoms with E-state index in [0.29, 0.717) is 24.8 Å². The van der Waals surface area contributed by atoms with Gasteiger partial charge in [0, 0.05) is 32.1 Å². The van der Waals surface area contributed by atoms with E-state index in [0.717, 1.165) is 31.6 Å². The lowest BCUT2D eigenvalue weighted by Gasteiger charge is -2.35. The third kappa shape index (κ3) is 3.38. The van der Waals surface area contributed by atoms with Crippen molar-refractivity contribution in [3.63, 3.8) is 0 Å². The van der Waals surface area contributed by atoms with E-state index in [1.54, 1.807) is 11.8 Å². The number of benzene rings is 1. The number of hydrogen-bond donors (Lipinski definition) is 1. The smallest absolute Gasteiger partial charge is 0.267 e. The third-order valence-electron chi connectivity index (χ3n) is 4.81. The molecule has 1 saturated heterocycles. The Labute approximate surface area is 142 Å². The number of ether oxygens (including phenoxy) is 1. The summed E-state index contributed by atoms with van der Waals surface area (Å²) >= 11 is 0. The number of amides is 2. The summed E-state index contributed by atoms with van der Waals surface area (Å²) in [4.78, 5) is 28.6. The molecule has 3 rings (SSSR count). The molecule has 1 aromatic carbocycles. The van der Waals surface area contributed by atoms with E-state index in [2.05, 4.69) is 5.32 Å². The standard InChI is InChI=1S/C18H25N3O3/c1-13-18(23)21(15-7-3-4-8-16(15)24-13)11-9-17(22)20-10-5-6-14(12-20)19-2/h3-4,7-8,13-14,19H,5-6,9-12H2,1-2H3. The van der Waals surface area contributed by atoms with Gasteiger partial charge in [0.1, 0.15) is 5.75 Å². The van der Waals surface area contributed by atoms with Crippen molar-refractivity contribution in [3.8, 4) is 5.75 Å². The molecule has 1 fully saturated rings. The Morgan fingerprint density at radius 3 is 2.96 bits per heavy atom. The molecule has 6 heteroatoms. The van der Waals surface area contributed by atoms with Gasteiger partial charge in [0.05, 0.1) is 5.69 Å². The lowest BCUT2D eigenvalue weighted by Crippen LogP contribution is -2.49. The van der Waals surface area contributed by atoms with Crippen LogP contribution in [0.4, 0.5) is 5.69 Å². The summed E-state index contributed by atoms with van der Waals surface area (Å²) in [6, 6.07) is 7.85. The molecule has 2 unspecified atom stereocenters. The van der Waals surface area contributed by atoms with E-state index in [9.17, 15) is 9.59 Å². The number of carbonyl (C=O) groups excluding carboxylic acids is 2. The van der Waals surface area contributed by atoms with Crippen LogP contribution in [0.3, 0.4) is 0 Å². The molecule has 0 bridgehead atoms. The maximum Gasteiger partial charge on any atom is 0.267 e. The van der Waals surface area contributed by atoms with Crippen LogP contribution in [0.1, 0.15) is 26.2 Å². The minimum absolute atomic E-state index is 0.0896. The average Bonchev–Trinajstić information content (AvgIpc) is 2.62. The summed E-state index contributed by atoms with van der Waals surface area (Å²) in [5.41, 5.74) is 0.750. The summed E-state index contributed by atoms with van der Waals surface area (Å²) in [7, 11) is 1.93. The molecule has 2 amide bonds. The van der Waals surface area contributed by atoms with Crippen molar-refractivity contribution in [2.24, 2.45) is 0 Å². The fraction of sp³-hybridized carbons (Fsp3) is 0.556. The number of likely N-dealkylation sites (N-methyl/N-ethyl adjacent to an activating group) is 1. The summed E-state index contributed by atoms with van der Waals surface area (Å²) in [6.45, 7) is 3.69. The monoisotopic (exact) mass is 331 g/mol. The number of nitrogens with one attached hydrogen (secondary N) is 1. The minimum atomic E-state index is -0.515. The van der Waals surface area contributed by atoms with Gasteiger partial charge in [-0.15, -0.1) is 0 Å². The Hall–Kier alpha value is -2.08. The second-order valence-electron chi connectivity index (χ2n) is 6.44. The van der Waals surface area contributed by atoms with Crippen molar-refractivity contribution in [1.29, 1.82) is 0 Å². The molecule has 24 heavy (non-hydrogen) atoms. The van der Waals surface area contributed by atoms with Crippen LogP contribution in [-0.2, 0) is 9.59 Å². The van der Waals surface area contributed by atoms with E-state index in [1.165, 1.54) is 0 Å². The van der Waals surface area contributed by atoms with Crippen molar-refractivity contribution in [1.82, 2.24) is 10.2 Å². The molecular formula is C18H25N3O3. The summed E-state index contributed by atoms with van der Waals surface area (Å²) in [6.07, 6.45) is 1.95. The number of hydrogen-bond acceptors (Lipinski definition) is 4. The molecule has 6 nitrogen and oxygen atoms in total. The fourth-order valence-electron chi connectivity index (χ4n) is 3.39. The van der Waals surface area contributed by atoms with Crippen LogP contribution in [0.2, 0.25) is 0 Å². The van der Waals surface area contributed by atoms with Gasteiger partial charge in [-0.05, 0) is 38.9 Å². The normalized spacial score (nSPS) is 23.7. The molecule has 2 heterocycles. The first-order valence-electron chi connectivity index (χ1n) is 8.62. The van der Waals surface area contributed by atoms with E-state index in [1.807, 2.05) is 36.2 Å². The second kappa shape index (κ2) is 7.21. The SMILES string of the molecule is CNC1CCCN(C(=O)CCN2C(=O)C(C)Oc3ccccc32)C1. The first kappa shape index (κ1) is 16.8. The molecule has 1 aromatic rings. The number of rotatable bonds is 4. The van der Waals surface area contributed by atoms with Gasteiger partial charge in [-0.3, -0.25) is 9.59 Å². The third-order valence-corrected chi connectivity index (χ3v) is 4.81. The summed E-state index contributed by atoms with van der Waals surface area (Å²) < 4.78 is 5.63. The summed E-state index contributed by atoms with van der Waals surface area (Å²) in [5.74, 6) is 0.720. The maximum atomic E-state index is 12.5. The van der Waals surface area contributed by atoms with Gasteiger partial charge in [-0.1, -0.05) is 12.1 Å². The van der Waals surface area contributed by atoms with E-state index in [-0.39, 0.29) is 11.8 Å². The number of anilines is 1. The lowest BCUT2D eigenvalue weighted by molar-refractivity contribution is -0.132. The Morgan fingerprint density at radius 2 is 2.17 bits per heavy atom. The van der Waals surface area contributed by atoms with Crippen molar-refractivity contribution in [2.45, 2.75) is 38.3 Å². The van der Waals surface area contributed by atoms with Crippen LogP contribution >= 0.6 is 0 Å². The molecule has 0 aromatic heterocycles. The predicted octanol–water partition coefficient (Wildman–Crippen LogP) is 1.40. The minimum Gasteiger partial charge on any atom is -0.479 e. The predicted molar refractivity (Wildman–Crippen MR) is 92.2 cm³/mol. The Balaban J connectivity index is 1.65. The highest BCUT2D eigenvalue weighted by Crippen LogP contribution is 2.33. The van der Waals surface area contributed by atoms with Gasteiger partial charge in [0.25, 0.3) is 5.91 Å². The van der Waals surface area contributed by atoms with Crippen LogP contribution in [0.25, 0.3) is 0 Å². The first-order chi connectivity index (χ1) is 11.6. The van der Waals surface area contributed by atoms with E-state index in [4.69, 9.17) is 4.74 Å². The van der Waals surface area contributed by atoms with Crippen molar-refractivity contribution in [2.75, 3.05) is 31.6 Å². The number of carbonyl (C=O) groups is 2. The Kier molecular flexibility index (Phi) is 5.04. The number of fused-ring (bicyclic) bond motifs is 1. The van der Waals surface area contributed by atoms with Crippen molar-refractivity contribution in [3.05, 3.63) is 24.3 Å². The summed E-state index contributed by atoms with van der Waals surface area (Å²) in [5, 5.41) is 3.25. The zero-order valence-electron chi connectivity index (χ0n) is 14.3. The first-order valence-corrected chi connectivity index (χ1v) is 8.62. The highest BCUT2D eigenvalue weighted by atomic mass is 16.5.